The third-order valence-electron chi connectivity index (χ3n) is 2.52. The number of hydrogen-bond acceptors (Lipinski definition) is 3. The number of hydrogen-bond donors (Lipinski definition) is 2. The fraction of sp³-hybridized carbons (Fsp3) is 0.500. The molecule has 0 bridgehead atoms. The van der Waals surface area contributed by atoms with Gasteiger partial charge in [0.1, 0.15) is 0 Å². The molecule has 0 spiro atoms. The lowest BCUT2D eigenvalue weighted by atomic mass is 10.1. The second-order valence-corrected chi connectivity index (χ2v) is 5.28. The highest BCUT2D eigenvalue weighted by Gasteiger charge is 2.13. The summed E-state index contributed by atoms with van der Waals surface area (Å²) in [7, 11) is 1.91. The molecule has 0 aromatic carbocycles. The number of rotatable bonds is 3. The van der Waals surface area contributed by atoms with Gasteiger partial charge in [-0.2, -0.15) is 10.2 Å². The minimum Gasteiger partial charge on any atom is -0.308 e. The Bertz CT molecular complexity index is 489. The van der Waals surface area contributed by atoms with E-state index in [4.69, 9.17) is 0 Å². The van der Waals surface area contributed by atoms with Crippen LogP contribution in [0.4, 0.5) is 0 Å². The molecule has 0 amide bonds. The zero-order chi connectivity index (χ0) is 12.5. The van der Waals surface area contributed by atoms with Gasteiger partial charge in [-0.15, -0.1) is 0 Å². The molecule has 0 radical (unpaired) electrons. The first kappa shape index (κ1) is 11.9. The van der Waals surface area contributed by atoms with Crippen LogP contribution in [0.3, 0.4) is 0 Å². The fourth-order valence-electron chi connectivity index (χ4n) is 1.61. The molecular formula is C12H19N5. The Kier molecular flexibility index (Phi) is 3.02. The van der Waals surface area contributed by atoms with Gasteiger partial charge in [-0.1, -0.05) is 0 Å². The second kappa shape index (κ2) is 4.33. The maximum atomic E-state index is 4.17. The van der Waals surface area contributed by atoms with Gasteiger partial charge in [0.15, 0.2) is 0 Å². The molecule has 5 nitrogen and oxygen atoms in total. The first-order valence-electron chi connectivity index (χ1n) is 5.72. The molecule has 0 saturated heterocycles. The molecule has 0 unspecified atom stereocenters. The van der Waals surface area contributed by atoms with Crippen molar-refractivity contribution in [3.05, 3.63) is 24.2 Å². The van der Waals surface area contributed by atoms with Crippen LogP contribution < -0.4 is 5.32 Å². The van der Waals surface area contributed by atoms with E-state index in [0.29, 0.717) is 0 Å². The second-order valence-electron chi connectivity index (χ2n) is 5.28. The Morgan fingerprint density at radius 1 is 1.35 bits per heavy atom. The minimum atomic E-state index is 0.101. The molecule has 2 N–H and O–H groups in total. The zero-order valence-electron chi connectivity index (χ0n) is 10.8. The number of nitrogens with zero attached hydrogens (tertiary/aromatic N) is 3. The van der Waals surface area contributed by atoms with Gasteiger partial charge in [-0.3, -0.25) is 9.78 Å². The highest BCUT2D eigenvalue weighted by atomic mass is 15.2. The lowest BCUT2D eigenvalue weighted by Crippen LogP contribution is -2.35. The van der Waals surface area contributed by atoms with E-state index in [2.05, 4.69) is 41.4 Å². The molecule has 17 heavy (non-hydrogen) atoms. The minimum absolute atomic E-state index is 0.101. The number of aromatic amines is 1. The molecule has 0 fully saturated rings. The summed E-state index contributed by atoms with van der Waals surface area (Å²) in [6.07, 6.45) is 5.68. The van der Waals surface area contributed by atoms with Crippen LogP contribution in [0.25, 0.3) is 11.3 Å². The molecule has 2 aromatic rings. The lowest BCUT2D eigenvalue weighted by molar-refractivity contribution is 0.424. The summed E-state index contributed by atoms with van der Waals surface area (Å²) in [6, 6.07) is 0. The van der Waals surface area contributed by atoms with E-state index in [1.54, 1.807) is 4.68 Å². The summed E-state index contributed by atoms with van der Waals surface area (Å²) in [6.45, 7) is 7.24. The summed E-state index contributed by atoms with van der Waals surface area (Å²) in [5, 5.41) is 14.8. The third kappa shape index (κ3) is 2.94. The quantitative estimate of drug-likeness (QED) is 0.848. The van der Waals surface area contributed by atoms with Gasteiger partial charge in [0, 0.05) is 36.5 Å². The highest BCUT2D eigenvalue weighted by Crippen LogP contribution is 2.20. The summed E-state index contributed by atoms with van der Waals surface area (Å²) in [5.41, 5.74) is 3.36. The third-order valence-corrected chi connectivity index (χ3v) is 2.52. The summed E-state index contributed by atoms with van der Waals surface area (Å²) >= 11 is 0. The average molecular weight is 233 g/mol. The van der Waals surface area contributed by atoms with Gasteiger partial charge in [0.2, 0.25) is 0 Å². The zero-order valence-corrected chi connectivity index (χ0v) is 10.8. The van der Waals surface area contributed by atoms with Crippen molar-refractivity contribution in [3.63, 3.8) is 0 Å². The van der Waals surface area contributed by atoms with Crippen LogP contribution >= 0.6 is 0 Å². The number of aryl methyl sites for hydroxylation is 1. The van der Waals surface area contributed by atoms with Crippen LogP contribution in [0.5, 0.6) is 0 Å². The van der Waals surface area contributed by atoms with Crippen LogP contribution in [0, 0.1) is 0 Å². The monoisotopic (exact) mass is 233 g/mol. The van der Waals surface area contributed by atoms with Crippen molar-refractivity contribution >= 4 is 0 Å². The first-order valence-corrected chi connectivity index (χ1v) is 5.72. The Morgan fingerprint density at radius 3 is 2.71 bits per heavy atom. The molecule has 2 heterocycles. The molecule has 2 aromatic heterocycles. The van der Waals surface area contributed by atoms with Crippen molar-refractivity contribution in [2.75, 3.05) is 0 Å². The Labute approximate surface area is 101 Å². The Morgan fingerprint density at radius 2 is 2.12 bits per heavy atom. The molecule has 0 atom stereocenters. The molecule has 0 aliphatic carbocycles. The molecule has 92 valence electrons. The van der Waals surface area contributed by atoms with Crippen LogP contribution in [-0.4, -0.2) is 25.5 Å². The van der Waals surface area contributed by atoms with Gasteiger partial charge in [0.05, 0.1) is 18.1 Å². The molecule has 0 saturated carbocycles. The SMILES string of the molecule is Cn1cc(-c2[nH]ncc2CNC(C)(C)C)cn1. The Balaban J connectivity index is 2.17. The molecule has 0 aliphatic rings. The molecule has 2 rings (SSSR count). The van der Waals surface area contributed by atoms with Crippen molar-refractivity contribution in [1.29, 1.82) is 0 Å². The number of aromatic nitrogens is 4. The number of nitrogens with one attached hydrogen (secondary N) is 2. The van der Waals surface area contributed by atoms with E-state index >= 15 is 0 Å². The predicted molar refractivity (Wildman–Crippen MR) is 67.4 cm³/mol. The highest BCUT2D eigenvalue weighted by molar-refractivity contribution is 5.60. The van der Waals surface area contributed by atoms with E-state index < -0.39 is 0 Å². The maximum absolute atomic E-state index is 4.17. The topological polar surface area (TPSA) is 58.5 Å². The molecule has 0 aliphatic heterocycles. The van der Waals surface area contributed by atoms with Gasteiger partial charge < -0.3 is 5.32 Å². The van der Waals surface area contributed by atoms with E-state index in [1.165, 1.54) is 0 Å². The van der Waals surface area contributed by atoms with Gasteiger partial charge >= 0.3 is 0 Å². The van der Waals surface area contributed by atoms with E-state index in [-0.39, 0.29) is 5.54 Å². The summed E-state index contributed by atoms with van der Waals surface area (Å²) in [5.74, 6) is 0. The normalized spacial score (nSPS) is 12.0. The predicted octanol–water partition coefficient (Wildman–Crippen LogP) is 1.70. The standard InChI is InChI=1S/C12H19N5/c1-12(2,3)13-5-9-6-14-16-11(9)10-7-15-17(4)8-10/h6-8,13H,5H2,1-4H3,(H,14,16). The van der Waals surface area contributed by atoms with E-state index in [9.17, 15) is 0 Å². The first-order chi connectivity index (χ1) is 7.96. The van der Waals surface area contributed by atoms with Crippen molar-refractivity contribution in [1.82, 2.24) is 25.3 Å². The molecular weight excluding hydrogens is 214 g/mol. The Hall–Kier alpha value is -1.62. The lowest BCUT2D eigenvalue weighted by Gasteiger charge is -2.20. The molecule has 5 heteroatoms. The van der Waals surface area contributed by atoms with Crippen molar-refractivity contribution in [2.45, 2.75) is 32.9 Å². The fourth-order valence-corrected chi connectivity index (χ4v) is 1.61. The number of H-pyrrole nitrogens is 1. The largest absolute Gasteiger partial charge is 0.308 e. The van der Waals surface area contributed by atoms with Crippen molar-refractivity contribution in [3.8, 4) is 11.3 Å². The summed E-state index contributed by atoms with van der Waals surface area (Å²) < 4.78 is 1.79. The average Bonchev–Trinajstić information content (AvgIpc) is 2.81. The maximum Gasteiger partial charge on any atom is 0.0726 e. The van der Waals surface area contributed by atoms with Crippen molar-refractivity contribution < 1.29 is 0 Å². The van der Waals surface area contributed by atoms with Crippen LogP contribution in [0.1, 0.15) is 26.3 Å². The van der Waals surface area contributed by atoms with Crippen molar-refractivity contribution in [2.24, 2.45) is 7.05 Å². The van der Waals surface area contributed by atoms with E-state index in [1.807, 2.05) is 25.6 Å². The van der Waals surface area contributed by atoms with Gasteiger partial charge in [0.25, 0.3) is 0 Å². The summed E-state index contributed by atoms with van der Waals surface area (Å²) in [4.78, 5) is 0. The van der Waals surface area contributed by atoms with Crippen LogP contribution in [0.15, 0.2) is 18.6 Å². The smallest absolute Gasteiger partial charge is 0.0726 e. The van der Waals surface area contributed by atoms with Gasteiger partial charge in [-0.25, -0.2) is 0 Å². The van der Waals surface area contributed by atoms with Crippen LogP contribution in [0.2, 0.25) is 0 Å². The van der Waals surface area contributed by atoms with Crippen LogP contribution in [-0.2, 0) is 13.6 Å². The van der Waals surface area contributed by atoms with Gasteiger partial charge in [-0.05, 0) is 20.8 Å². The van der Waals surface area contributed by atoms with E-state index in [0.717, 1.165) is 23.4 Å².